The van der Waals surface area contributed by atoms with Crippen LogP contribution in [0.4, 0.5) is 9.18 Å². The maximum atomic E-state index is 13.6. The zero-order valence-corrected chi connectivity index (χ0v) is 16.7. The Morgan fingerprint density at radius 2 is 2.17 bits per heavy atom. The van der Waals surface area contributed by atoms with Crippen molar-refractivity contribution in [1.29, 1.82) is 0 Å². The zero-order valence-electron chi connectivity index (χ0n) is 16.7. The van der Waals surface area contributed by atoms with Gasteiger partial charge in [-0.05, 0) is 24.8 Å². The lowest BCUT2D eigenvalue weighted by atomic mass is 10.0. The van der Waals surface area contributed by atoms with Crippen LogP contribution < -0.4 is 11.1 Å². The molecule has 1 aromatic carbocycles. The normalized spacial score (nSPS) is 16.6. The predicted molar refractivity (Wildman–Crippen MR) is 109 cm³/mol. The number of aryl methyl sites for hydroxylation is 1. The zero-order chi connectivity index (χ0) is 20.6. The number of benzene rings is 1. The molecule has 0 saturated heterocycles. The minimum Gasteiger partial charge on any atom is -0.450 e. The van der Waals surface area contributed by atoms with Gasteiger partial charge in [0.25, 0.3) is 0 Å². The van der Waals surface area contributed by atoms with Gasteiger partial charge in [0.2, 0.25) is 0 Å². The molecule has 1 aromatic heterocycles. The van der Waals surface area contributed by atoms with E-state index in [4.69, 9.17) is 10.5 Å². The van der Waals surface area contributed by atoms with E-state index < -0.39 is 12.4 Å². The van der Waals surface area contributed by atoms with Gasteiger partial charge in [-0.1, -0.05) is 43.7 Å². The second kappa shape index (κ2) is 10.0. The number of aliphatic imine (C=N–C) groups is 1. The Hall–Kier alpha value is -2.90. The maximum Gasteiger partial charge on any atom is 0.407 e. The SMILES string of the molecule is CCCC(NC(=O)OCCCCn1cnc2c1CC(F)N=C2N)c1ccccc1. The molecule has 2 unspecified atom stereocenters. The number of aromatic nitrogens is 2. The summed E-state index contributed by atoms with van der Waals surface area (Å²) < 4.78 is 20.8. The smallest absolute Gasteiger partial charge is 0.407 e. The Kier molecular flexibility index (Phi) is 7.21. The molecule has 0 fully saturated rings. The van der Waals surface area contributed by atoms with Gasteiger partial charge in [0, 0.05) is 13.0 Å². The Morgan fingerprint density at radius 1 is 1.38 bits per heavy atom. The number of carbonyl (C=O) groups excluding carboxylic acids is 1. The highest BCUT2D eigenvalue weighted by Gasteiger charge is 2.23. The lowest BCUT2D eigenvalue weighted by Crippen LogP contribution is -2.29. The van der Waals surface area contributed by atoms with E-state index in [-0.39, 0.29) is 18.3 Å². The number of carbonyl (C=O) groups is 1. The lowest BCUT2D eigenvalue weighted by molar-refractivity contribution is 0.139. The fraction of sp³-hybridized carbons (Fsp3) is 0.476. The van der Waals surface area contributed by atoms with Gasteiger partial charge in [-0.15, -0.1) is 0 Å². The van der Waals surface area contributed by atoms with Crippen molar-refractivity contribution in [3.63, 3.8) is 0 Å². The summed E-state index contributed by atoms with van der Waals surface area (Å²) in [6.45, 7) is 3.07. The number of amidine groups is 1. The van der Waals surface area contributed by atoms with Crippen LogP contribution in [-0.4, -0.2) is 34.4 Å². The standard InChI is InChI=1S/C21H28FN5O2/c1-2-8-16(15-9-4-3-5-10-15)25-21(28)29-12-7-6-11-27-14-24-19-17(27)13-18(22)26-20(19)23/h3-5,9-10,14,16,18H,2,6-8,11-13H2,1H3,(H2,23,26)(H,25,28). The Labute approximate surface area is 170 Å². The van der Waals surface area contributed by atoms with Crippen molar-refractivity contribution < 1.29 is 13.9 Å². The average Bonchev–Trinajstić information content (AvgIpc) is 3.11. The van der Waals surface area contributed by atoms with E-state index in [1.807, 2.05) is 34.9 Å². The van der Waals surface area contributed by atoms with Gasteiger partial charge < -0.3 is 20.4 Å². The Bertz CT molecular complexity index is 837. The van der Waals surface area contributed by atoms with Crippen molar-refractivity contribution in [2.75, 3.05) is 6.61 Å². The number of alkyl carbamates (subject to hydrolysis) is 1. The van der Waals surface area contributed by atoms with Crippen molar-refractivity contribution in [3.8, 4) is 0 Å². The molecular weight excluding hydrogens is 373 g/mol. The summed E-state index contributed by atoms with van der Waals surface area (Å²) in [5.74, 6) is 0.151. The number of nitrogens with one attached hydrogen (secondary N) is 1. The van der Waals surface area contributed by atoms with E-state index in [1.54, 1.807) is 6.33 Å². The molecule has 2 heterocycles. The van der Waals surface area contributed by atoms with E-state index in [9.17, 15) is 9.18 Å². The number of nitrogens with zero attached hydrogens (tertiary/aromatic N) is 3. The molecule has 0 spiro atoms. The quantitative estimate of drug-likeness (QED) is 0.497. The Morgan fingerprint density at radius 3 is 2.93 bits per heavy atom. The summed E-state index contributed by atoms with van der Waals surface area (Å²) in [7, 11) is 0. The summed E-state index contributed by atoms with van der Waals surface area (Å²) in [5.41, 5.74) is 8.15. The molecule has 29 heavy (non-hydrogen) atoms. The van der Waals surface area contributed by atoms with E-state index in [0.717, 1.165) is 30.5 Å². The summed E-state index contributed by atoms with van der Waals surface area (Å²) in [4.78, 5) is 20.1. The number of nitrogens with two attached hydrogens (primary N) is 1. The van der Waals surface area contributed by atoms with Gasteiger partial charge >= 0.3 is 6.09 Å². The molecular formula is C21H28FN5O2. The molecule has 0 bridgehead atoms. The summed E-state index contributed by atoms with van der Waals surface area (Å²) >= 11 is 0. The minimum absolute atomic E-state index is 0.0491. The molecule has 0 saturated carbocycles. The number of unbranched alkanes of at least 4 members (excludes halogenated alkanes) is 1. The number of imidazole rings is 1. The third-order valence-electron chi connectivity index (χ3n) is 4.93. The van der Waals surface area contributed by atoms with Crippen LogP contribution in [0.15, 0.2) is 41.7 Å². The van der Waals surface area contributed by atoms with Crippen molar-refractivity contribution in [2.24, 2.45) is 10.7 Å². The largest absolute Gasteiger partial charge is 0.450 e. The number of ether oxygens (including phenoxy) is 1. The molecule has 3 N–H and O–H groups in total. The van der Waals surface area contributed by atoms with E-state index in [2.05, 4.69) is 22.2 Å². The van der Waals surface area contributed by atoms with Gasteiger partial charge in [-0.25, -0.2) is 19.2 Å². The number of fused-ring (bicyclic) bond motifs is 1. The summed E-state index contributed by atoms with van der Waals surface area (Å²) in [5, 5.41) is 2.94. The number of hydrogen-bond acceptors (Lipinski definition) is 5. The number of alkyl halides is 1. The third-order valence-corrected chi connectivity index (χ3v) is 4.93. The average molecular weight is 401 g/mol. The number of halogens is 1. The van der Waals surface area contributed by atoms with Gasteiger partial charge in [0.05, 0.1) is 24.7 Å². The van der Waals surface area contributed by atoms with Crippen LogP contribution in [0.3, 0.4) is 0 Å². The first-order valence-electron chi connectivity index (χ1n) is 10.1. The van der Waals surface area contributed by atoms with Crippen LogP contribution in [0.25, 0.3) is 0 Å². The molecule has 1 amide bonds. The van der Waals surface area contributed by atoms with Crippen LogP contribution in [0, 0.1) is 0 Å². The molecule has 7 nitrogen and oxygen atoms in total. The molecule has 8 heteroatoms. The van der Waals surface area contributed by atoms with E-state index in [0.29, 0.717) is 25.3 Å². The topological polar surface area (TPSA) is 94.5 Å². The van der Waals surface area contributed by atoms with E-state index >= 15 is 0 Å². The summed E-state index contributed by atoms with van der Waals surface area (Å²) in [6.07, 6.45) is 3.42. The molecule has 0 radical (unpaired) electrons. The second-order valence-corrected chi connectivity index (χ2v) is 7.13. The Balaban J connectivity index is 1.41. The van der Waals surface area contributed by atoms with Crippen molar-refractivity contribution in [1.82, 2.24) is 14.9 Å². The highest BCUT2D eigenvalue weighted by atomic mass is 19.1. The number of hydrogen-bond donors (Lipinski definition) is 2. The first-order chi connectivity index (χ1) is 14.1. The molecule has 3 rings (SSSR count). The first kappa shape index (κ1) is 20.8. The first-order valence-corrected chi connectivity index (χ1v) is 10.1. The van der Waals surface area contributed by atoms with Crippen LogP contribution in [-0.2, 0) is 17.7 Å². The van der Waals surface area contributed by atoms with Crippen LogP contribution in [0.2, 0.25) is 0 Å². The van der Waals surface area contributed by atoms with E-state index in [1.165, 1.54) is 0 Å². The van der Waals surface area contributed by atoms with Gasteiger partial charge in [0.1, 0.15) is 11.5 Å². The number of amides is 1. The van der Waals surface area contributed by atoms with Crippen molar-refractivity contribution in [2.45, 2.75) is 57.9 Å². The fourth-order valence-corrected chi connectivity index (χ4v) is 3.47. The summed E-state index contributed by atoms with van der Waals surface area (Å²) in [6, 6.07) is 9.84. The highest BCUT2D eigenvalue weighted by Crippen LogP contribution is 2.19. The maximum absolute atomic E-state index is 13.6. The van der Waals surface area contributed by atoms with Gasteiger partial charge in [-0.3, -0.25) is 0 Å². The molecule has 0 aliphatic carbocycles. The molecule has 2 aromatic rings. The second-order valence-electron chi connectivity index (χ2n) is 7.13. The monoisotopic (exact) mass is 401 g/mol. The fourth-order valence-electron chi connectivity index (χ4n) is 3.47. The van der Waals surface area contributed by atoms with Crippen LogP contribution in [0.5, 0.6) is 0 Å². The van der Waals surface area contributed by atoms with Gasteiger partial charge in [0.15, 0.2) is 6.30 Å². The molecule has 2 atom stereocenters. The van der Waals surface area contributed by atoms with Crippen molar-refractivity contribution >= 4 is 11.9 Å². The van der Waals surface area contributed by atoms with Gasteiger partial charge in [-0.2, -0.15) is 0 Å². The van der Waals surface area contributed by atoms with Crippen LogP contribution in [0.1, 0.15) is 55.6 Å². The molecule has 1 aliphatic rings. The molecule has 1 aliphatic heterocycles. The lowest BCUT2D eigenvalue weighted by Gasteiger charge is -2.18. The molecule has 156 valence electrons. The third kappa shape index (κ3) is 5.56. The number of rotatable bonds is 9. The van der Waals surface area contributed by atoms with Crippen LogP contribution >= 0.6 is 0 Å². The predicted octanol–water partition coefficient (Wildman–Crippen LogP) is 3.49. The van der Waals surface area contributed by atoms with Crippen molar-refractivity contribution in [3.05, 3.63) is 53.6 Å². The highest BCUT2D eigenvalue weighted by molar-refractivity contribution is 5.97. The minimum atomic E-state index is -1.31.